The van der Waals surface area contributed by atoms with E-state index in [0.29, 0.717) is 39.1 Å². The van der Waals surface area contributed by atoms with Gasteiger partial charge in [0.25, 0.3) is 5.56 Å². The number of halogens is 2. The fraction of sp³-hybridized carbons (Fsp3) is 0.370. The van der Waals surface area contributed by atoms with Gasteiger partial charge >= 0.3 is 0 Å². The van der Waals surface area contributed by atoms with E-state index in [9.17, 15) is 14.0 Å². The van der Waals surface area contributed by atoms with E-state index in [1.54, 1.807) is 0 Å². The summed E-state index contributed by atoms with van der Waals surface area (Å²) >= 11 is 3.48. The number of carbonyl (C=O) groups is 1. The Labute approximate surface area is 230 Å². The van der Waals surface area contributed by atoms with Crippen molar-refractivity contribution in [2.45, 2.75) is 43.8 Å². The Morgan fingerprint density at radius 2 is 1.95 bits per heavy atom. The highest BCUT2D eigenvalue weighted by atomic mass is 127. The lowest BCUT2D eigenvalue weighted by Crippen LogP contribution is -2.44. The molecule has 2 bridgehead atoms. The van der Waals surface area contributed by atoms with Crippen LogP contribution in [-0.4, -0.2) is 37.3 Å². The number of hydrogen-bond acceptors (Lipinski definition) is 6. The SMILES string of the molecule is CC[C@H]1[C@H]2CC[C@@H](C2)[C@H]1NC(=O)CSc1nc2ccc(I)cc2c2nc(=O)c(-c3ccc(F)cc3)nn12. The zero-order valence-corrected chi connectivity index (χ0v) is 23.1. The molecule has 2 fully saturated rings. The van der Waals surface area contributed by atoms with Crippen LogP contribution in [0.1, 0.15) is 32.6 Å². The third kappa shape index (κ3) is 4.62. The van der Waals surface area contributed by atoms with Crippen LogP contribution >= 0.6 is 34.4 Å². The van der Waals surface area contributed by atoms with Gasteiger partial charge in [0.05, 0.1) is 11.3 Å². The van der Waals surface area contributed by atoms with Crippen LogP contribution in [0.3, 0.4) is 0 Å². The largest absolute Gasteiger partial charge is 0.352 e. The fourth-order valence-corrected chi connectivity index (χ4v) is 7.34. The molecular formula is C27H25FIN5O2S. The highest BCUT2D eigenvalue weighted by molar-refractivity contribution is 14.1. The molecule has 7 nitrogen and oxygen atoms in total. The molecule has 0 unspecified atom stereocenters. The summed E-state index contributed by atoms with van der Waals surface area (Å²) in [7, 11) is 0. The van der Waals surface area contributed by atoms with Crippen LogP contribution in [0.4, 0.5) is 4.39 Å². The van der Waals surface area contributed by atoms with E-state index in [4.69, 9.17) is 4.98 Å². The van der Waals surface area contributed by atoms with Crippen molar-refractivity contribution in [3.63, 3.8) is 0 Å². The number of nitrogens with one attached hydrogen (secondary N) is 1. The van der Waals surface area contributed by atoms with Gasteiger partial charge in [0.2, 0.25) is 5.91 Å². The van der Waals surface area contributed by atoms with E-state index >= 15 is 0 Å². The maximum atomic E-state index is 13.5. The lowest BCUT2D eigenvalue weighted by atomic mass is 9.83. The molecule has 190 valence electrons. The Balaban J connectivity index is 1.35. The highest BCUT2D eigenvalue weighted by Crippen LogP contribution is 2.49. The Kier molecular flexibility index (Phi) is 6.64. The van der Waals surface area contributed by atoms with Gasteiger partial charge in [-0.3, -0.25) is 9.59 Å². The molecule has 0 aliphatic heterocycles. The molecule has 2 saturated carbocycles. The van der Waals surface area contributed by atoms with Crippen molar-refractivity contribution in [1.82, 2.24) is 24.9 Å². The van der Waals surface area contributed by atoms with Gasteiger partial charge in [0, 0.05) is 20.6 Å². The molecule has 2 aliphatic carbocycles. The molecule has 4 aromatic rings. The number of rotatable bonds is 6. The van der Waals surface area contributed by atoms with Gasteiger partial charge in [0.1, 0.15) is 5.82 Å². The molecule has 1 amide bonds. The molecule has 2 heterocycles. The summed E-state index contributed by atoms with van der Waals surface area (Å²) in [6.07, 6.45) is 4.79. The number of benzene rings is 2. The minimum atomic E-state index is -0.506. The highest BCUT2D eigenvalue weighted by Gasteiger charge is 2.46. The van der Waals surface area contributed by atoms with Crippen molar-refractivity contribution in [2.75, 3.05) is 5.75 Å². The number of aromatic nitrogens is 4. The number of carbonyl (C=O) groups excluding carboxylic acids is 1. The van der Waals surface area contributed by atoms with Gasteiger partial charge in [0.15, 0.2) is 16.5 Å². The monoisotopic (exact) mass is 629 g/mol. The first-order chi connectivity index (χ1) is 17.9. The summed E-state index contributed by atoms with van der Waals surface area (Å²) in [5, 5.41) is 9.07. The van der Waals surface area contributed by atoms with Crippen LogP contribution in [0.25, 0.3) is 27.8 Å². The van der Waals surface area contributed by atoms with E-state index in [2.05, 4.69) is 44.9 Å². The third-order valence-electron chi connectivity index (χ3n) is 7.74. The van der Waals surface area contributed by atoms with Gasteiger partial charge in [-0.05, 0) is 102 Å². The number of fused-ring (bicyclic) bond motifs is 5. The first-order valence-corrected chi connectivity index (χ1v) is 14.6. The summed E-state index contributed by atoms with van der Waals surface area (Å²) in [5.41, 5.74) is 1.11. The van der Waals surface area contributed by atoms with Crippen molar-refractivity contribution in [2.24, 2.45) is 17.8 Å². The predicted octanol–water partition coefficient (Wildman–Crippen LogP) is 5.08. The molecule has 1 N–H and O–H groups in total. The number of nitrogens with zero attached hydrogens (tertiary/aromatic N) is 4. The maximum Gasteiger partial charge on any atom is 0.300 e. The van der Waals surface area contributed by atoms with Crippen LogP contribution in [0.2, 0.25) is 0 Å². The second-order valence-corrected chi connectivity index (χ2v) is 12.0. The van der Waals surface area contributed by atoms with Gasteiger partial charge < -0.3 is 5.32 Å². The smallest absolute Gasteiger partial charge is 0.300 e. The molecule has 6 rings (SSSR count). The van der Waals surface area contributed by atoms with E-state index in [-0.39, 0.29) is 23.4 Å². The van der Waals surface area contributed by atoms with E-state index in [1.807, 2.05) is 18.2 Å². The van der Waals surface area contributed by atoms with Gasteiger partial charge in [-0.25, -0.2) is 9.37 Å². The average molecular weight is 629 g/mol. The van der Waals surface area contributed by atoms with Crippen LogP contribution in [-0.2, 0) is 4.79 Å². The molecule has 2 aliphatic rings. The Hall–Kier alpha value is -2.60. The Morgan fingerprint density at radius 3 is 2.73 bits per heavy atom. The first kappa shape index (κ1) is 24.7. The van der Waals surface area contributed by atoms with Gasteiger partial charge in [-0.2, -0.15) is 14.6 Å². The van der Waals surface area contributed by atoms with E-state index in [1.165, 1.54) is 59.8 Å². The van der Waals surface area contributed by atoms with Crippen LogP contribution in [0, 0.1) is 27.1 Å². The quantitative estimate of drug-likeness (QED) is 0.139. The zero-order chi connectivity index (χ0) is 25.7. The number of thioether (sulfide) groups is 1. The molecule has 0 spiro atoms. The minimum absolute atomic E-state index is 0.0218. The Bertz CT molecular complexity index is 1580. The molecule has 4 atom stereocenters. The molecular weight excluding hydrogens is 604 g/mol. The molecule has 37 heavy (non-hydrogen) atoms. The van der Waals surface area contributed by atoms with Crippen molar-refractivity contribution in [3.05, 3.63) is 62.2 Å². The predicted molar refractivity (Wildman–Crippen MR) is 150 cm³/mol. The van der Waals surface area contributed by atoms with Crippen LogP contribution in [0.5, 0.6) is 0 Å². The Morgan fingerprint density at radius 1 is 1.16 bits per heavy atom. The van der Waals surface area contributed by atoms with Gasteiger partial charge in [-0.1, -0.05) is 25.1 Å². The lowest BCUT2D eigenvalue weighted by molar-refractivity contribution is -0.120. The van der Waals surface area contributed by atoms with Crippen molar-refractivity contribution < 1.29 is 9.18 Å². The number of hydrogen-bond donors (Lipinski definition) is 1. The molecule has 10 heteroatoms. The van der Waals surface area contributed by atoms with Gasteiger partial charge in [-0.15, -0.1) is 0 Å². The zero-order valence-electron chi connectivity index (χ0n) is 20.2. The molecule has 2 aromatic carbocycles. The average Bonchev–Trinajstić information content (AvgIpc) is 3.49. The van der Waals surface area contributed by atoms with Crippen molar-refractivity contribution >= 4 is 56.8 Å². The maximum absolute atomic E-state index is 13.5. The van der Waals surface area contributed by atoms with Crippen molar-refractivity contribution in [3.8, 4) is 11.3 Å². The van der Waals surface area contributed by atoms with Crippen LogP contribution in [0.15, 0.2) is 52.4 Å². The lowest BCUT2D eigenvalue weighted by Gasteiger charge is -2.31. The summed E-state index contributed by atoms with van der Waals surface area (Å²) in [5.74, 6) is 1.64. The standard InChI is InChI=1S/C27H25FIN5O2S/c1-2-19-15-3-4-16(11-15)23(19)31-22(35)13-37-27-30-21-10-9-18(29)12-20(21)25-32-26(36)24(33-34(25)27)14-5-7-17(28)8-6-14/h5-10,12,15-16,19,23H,2-4,11,13H2,1H3,(H,31,35)/t15-,16-,19-,23+/m0/s1. The molecule has 2 aromatic heterocycles. The topological polar surface area (TPSA) is 89.2 Å². The van der Waals surface area contributed by atoms with E-state index < -0.39 is 11.4 Å². The fourth-order valence-electron chi connectivity index (χ4n) is 6.09. The summed E-state index contributed by atoms with van der Waals surface area (Å²) in [6.45, 7) is 2.21. The summed E-state index contributed by atoms with van der Waals surface area (Å²) < 4.78 is 16.0. The number of amides is 1. The minimum Gasteiger partial charge on any atom is -0.352 e. The summed E-state index contributed by atoms with van der Waals surface area (Å²) in [6, 6.07) is 11.5. The molecule has 0 radical (unpaired) electrons. The second-order valence-electron chi connectivity index (χ2n) is 9.85. The van der Waals surface area contributed by atoms with Crippen LogP contribution < -0.4 is 10.9 Å². The second kappa shape index (κ2) is 9.94. The summed E-state index contributed by atoms with van der Waals surface area (Å²) in [4.78, 5) is 35.1. The van der Waals surface area contributed by atoms with Crippen molar-refractivity contribution in [1.29, 1.82) is 0 Å². The third-order valence-corrected chi connectivity index (χ3v) is 9.34. The first-order valence-electron chi connectivity index (χ1n) is 12.5. The normalized spacial score (nSPS) is 22.7. The molecule has 0 saturated heterocycles. The van der Waals surface area contributed by atoms with E-state index in [0.717, 1.165) is 15.9 Å².